The Morgan fingerprint density at radius 3 is 2.44 bits per heavy atom. The van der Waals surface area contributed by atoms with Crippen LogP contribution in [0.25, 0.3) is 5.57 Å². The van der Waals surface area contributed by atoms with Gasteiger partial charge in [0.15, 0.2) is 0 Å². The Morgan fingerprint density at radius 2 is 1.94 bits per heavy atom. The largest absolute Gasteiger partial charge is 0.416 e. The fourth-order valence-corrected chi connectivity index (χ4v) is 1.52. The van der Waals surface area contributed by atoms with E-state index in [1.165, 1.54) is 6.07 Å². The van der Waals surface area contributed by atoms with Gasteiger partial charge in [-0.25, -0.2) is 0 Å². The van der Waals surface area contributed by atoms with Crippen LogP contribution in [0.2, 0.25) is 0 Å². The van der Waals surface area contributed by atoms with Crippen molar-refractivity contribution < 1.29 is 13.2 Å². The van der Waals surface area contributed by atoms with E-state index in [2.05, 4.69) is 6.58 Å². The molecule has 3 heteroatoms. The van der Waals surface area contributed by atoms with Gasteiger partial charge >= 0.3 is 6.18 Å². The van der Waals surface area contributed by atoms with Crippen molar-refractivity contribution in [1.29, 1.82) is 0 Å². The van der Waals surface area contributed by atoms with Gasteiger partial charge in [0.25, 0.3) is 0 Å². The summed E-state index contributed by atoms with van der Waals surface area (Å²) in [6.07, 6.45) is -3.57. The van der Waals surface area contributed by atoms with Crippen LogP contribution in [0.3, 0.4) is 0 Å². The molecule has 0 heterocycles. The molecule has 1 aromatic carbocycles. The molecule has 0 unspecified atom stereocenters. The zero-order chi connectivity index (χ0) is 12.3. The summed E-state index contributed by atoms with van der Waals surface area (Å²) in [6, 6.07) is 6.49. The van der Waals surface area contributed by atoms with Crippen molar-refractivity contribution in [3.05, 3.63) is 42.0 Å². The minimum atomic E-state index is -4.35. The molecule has 0 saturated heterocycles. The lowest BCUT2D eigenvalue weighted by Crippen LogP contribution is -2.09. The first kappa shape index (κ1) is 12.8. The minimum absolute atomic E-state index is 0.158. The molecule has 0 atom stereocenters. The molecule has 0 amide bonds. The van der Waals surface area contributed by atoms with Crippen LogP contribution in [-0.2, 0) is 6.42 Å². The molecule has 1 aromatic rings. The Hall–Kier alpha value is -1.25. The fourth-order valence-electron chi connectivity index (χ4n) is 1.52. The van der Waals surface area contributed by atoms with Gasteiger partial charge in [-0.1, -0.05) is 44.7 Å². The summed E-state index contributed by atoms with van der Waals surface area (Å²) in [5.74, 6) is 0.425. The van der Waals surface area contributed by atoms with Crippen LogP contribution < -0.4 is 0 Å². The SMILES string of the molecule is C=C(c1cccc(CC(C)C)c1)C(F)(F)F. The van der Waals surface area contributed by atoms with Gasteiger partial charge in [0.05, 0.1) is 5.57 Å². The Bertz CT molecular complexity index is 375. The third kappa shape index (κ3) is 3.40. The standard InChI is InChI=1S/C13H15F3/c1-9(2)7-11-5-4-6-12(8-11)10(3)13(14,15)16/h4-6,8-9H,3,7H2,1-2H3. The molecule has 0 fully saturated rings. The number of hydrogen-bond acceptors (Lipinski definition) is 0. The molecule has 0 aliphatic rings. The quantitative estimate of drug-likeness (QED) is 0.716. The number of hydrogen-bond donors (Lipinski definition) is 0. The molecule has 0 N–H and O–H groups in total. The lowest BCUT2D eigenvalue weighted by Gasteiger charge is -2.12. The highest BCUT2D eigenvalue weighted by Crippen LogP contribution is 2.32. The molecule has 0 spiro atoms. The summed E-state index contributed by atoms with van der Waals surface area (Å²) in [7, 11) is 0. The van der Waals surface area contributed by atoms with E-state index in [4.69, 9.17) is 0 Å². The van der Waals surface area contributed by atoms with Crippen molar-refractivity contribution in [3.63, 3.8) is 0 Å². The maximum Gasteiger partial charge on any atom is 0.416 e. The summed E-state index contributed by atoms with van der Waals surface area (Å²) in [5.41, 5.74) is 0.293. The third-order valence-electron chi connectivity index (χ3n) is 2.26. The highest BCUT2D eigenvalue weighted by atomic mass is 19.4. The molecule has 0 aliphatic heterocycles. The average Bonchev–Trinajstić information content (AvgIpc) is 2.14. The van der Waals surface area contributed by atoms with E-state index >= 15 is 0 Å². The molecule has 0 radical (unpaired) electrons. The first-order valence-electron chi connectivity index (χ1n) is 5.16. The van der Waals surface area contributed by atoms with Crippen molar-refractivity contribution >= 4 is 5.57 Å². The molecule has 88 valence electrons. The summed E-state index contributed by atoms with van der Waals surface area (Å²) < 4.78 is 37.3. The molecule has 16 heavy (non-hydrogen) atoms. The van der Waals surface area contributed by atoms with Gasteiger partial charge in [-0.05, 0) is 23.5 Å². The van der Waals surface area contributed by atoms with Gasteiger partial charge in [-0.15, -0.1) is 0 Å². The van der Waals surface area contributed by atoms with E-state index in [9.17, 15) is 13.2 Å². The molecule has 0 saturated carbocycles. The van der Waals surface area contributed by atoms with Crippen LogP contribution in [0.4, 0.5) is 13.2 Å². The van der Waals surface area contributed by atoms with Gasteiger partial charge in [0, 0.05) is 0 Å². The predicted molar refractivity (Wildman–Crippen MR) is 60.1 cm³/mol. The summed E-state index contributed by atoms with van der Waals surface area (Å²) in [5, 5.41) is 0. The van der Waals surface area contributed by atoms with Crippen LogP contribution >= 0.6 is 0 Å². The van der Waals surface area contributed by atoms with Crippen molar-refractivity contribution in [3.8, 4) is 0 Å². The number of halogens is 3. The maximum atomic E-state index is 12.4. The average molecular weight is 228 g/mol. The molecule has 0 aromatic heterocycles. The number of allylic oxidation sites excluding steroid dienone is 1. The fraction of sp³-hybridized carbons (Fsp3) is 0.385. The highest BCUT2D eigenvalue weighted by molar-refractivity contribution is 5.67. The van der Waals surface area contributed by atoms with E-state index in [-0.39, 0.29) is 5.56 Å². The molecular formula is C13H15F3. The van der Waals surface area contributed by atoms with Crippen LogP contribution in [0.1, 0.15) is 25.0 Å². The highest BCUT2D eigenvalue weighted by Gasteiger charge is 2.32. The topological polar surface area (TPSA) is 0 Å². The Balaban J connectivity index is 2.95. The normalized spacial score (nSPS) is 11.9. The Morgan fingerprint density at radius 1 is 1.31 bits per heavy atom. The van der Waals surface area contributed by atoms with Crippen LogP contribution in [0.15, 0.2) is 30.8 Å². The second kappa shape index (κ2) is 4.73. The summed E-state index contributed by atoms with van der Waals surface area (Å²) in [4.78, 5) is 0. The third-order valence-corrected chi connectivity index (χ3v) is 2.26. The predicted octanol–water partition coefficient (Wildman–Crippen LogP) is 4.46. The minimum Gasteiger partial charge on any atom is -0.166 e. The lowest BCUT2D eigenvalue weighted by atomic mass is 9.98. The zero-order valence-electron chi connectivity index (χ0n) is 9.43. The smallest absolute Gasteiger partial charge is 0.166 e. The van der Waals surface area contributed by atoms with Crippen molar-refractivity contribution in [2.45, 2.75) is 26.4 Å². The van der Waals surface area contributed by atoms with Crippen molar-refractivity contribution in [2.24, 2.45) is 5.92 Å². The number of rotatable bonds is 3. The lowest BCUT2D eigenvalue weighted by molar-refractivity contribution is -0.0686. The second-order valence-corrected chi connectivity index (χ2v) is 4.27. The Labute approximate surface area is 93.8 Å². The first-order valence-corrected chi connectivity index (χ1v) is 5.16. The van der Waals surface area contributed by atoms with E-state index in [1.54, 1.807) is 12.1 Å². The maximum absolute atomic E-state index is 12.4. The molecular weight excluding hydrogens is 213 g/mol. The number of benzene rings is 1. The molecule has 0 nitrogen and oxygen atoms in total. The van der Waals surface area contributed by atoms with E-state index in [0.717, 1.165) is 12.0 Å². The van der Waals surface area contributed by atoms with E-state index in [0.29, 0.717) is 5.92 Å². The van der Waals surface area contributed by atoms with Crippen molar-refractivity contribution in [1.82, 2.24) is 0 Å². The van der Waals surface area contributed by atoms with E-state index in [1.807, 2.05) is 19.9 Å². The van der Waals surface area contributed by atoms with Gasteiger partial charge in [-0.2, -0.15) is 13.2 Å². The number of alkyl halides is 3. The van der Waals surface area contributed by atoms with Crippen molar-refractivity contribution in [2.75, 3.05) is 0 Å². The first-order chi connectivity index (χ1) is 7.30. The van der Waals surface area contributed by atoms with Gasteiger partial charge in [0.1, 0.15) is 0 Å². The molecule has 1 rings (SSSR count). The molecule has 0 bridgehead atoms. The van der Waals surface area contributed by atoms with E-state index < -0.39 is 11.7 Å². The van der Waals surface area contributed by atoms with Crippen LogP contribution in [-0.4, -0.2) is 6.18 Å². The monoisotopic (exact) mass is 228 g/mol. The summed E-state index contributed by atoms with van der Waals surface area (Å²) in [6.45, 7) is 7.16. The molecule has 0 aliphatic carbocycles. The summed E-state index contributed by atoms with van der Waals surface area (Å²) >= 11 is 0. The van der Waals surface area contributed by atoms with Gasteiger partial charge in [0.2, 0.25) is 0 Å². The zero-order valence-corrected chi connectivity index (χ0v) is 9.43. The second-order valence-electron chi connectivity index (χ2n) is 4.27. The Kier molecular flexibility index (Phi) is 3.79. The van der Waals surface area contributed by atoms with Gasteiger partial charge < -0.3 is 0 Å². The van der Waals surface area contributed by atoms with Crippen LogP contribution in [0.5, 0.6) is 0 Å². The van der Waals surface area contributed by atoms with Crippen LogP contribution in [0, 0.1) is 5.92 Å². The van der Waals surface area contributed by atoms with Gasteiger partial charge in [-0.3, -0.25) is 0 Å².